The van der Waals surface area contributed by atoms with Crippen molar-refractivity contribution in [3.8, 4) is 0 Å². The van der Waals surface area contributed by atoms with Crippen molar-refractivity contribution >= 4 is 34.8 Å². The zero-order chi connectivity index (χ0) is 18.4. The summed E-state index contributed by atoms with van der Waals surface area (Å²) in [5, 5.41) is 3.49. The third kappa shape index (κ3) is 3.14. The van der Waals surface area contributed by atoms with E-state index in [0.717, 1.165) is 28.1 Å². The summed E-state index contributed by atoms with van der Waals surface area (Å²) in [5.74, 6) is -0.318. The number of hydrogen-bond donors (Lipinski definition) is 1. The van der Waals surface area contributed by atoms with Gasteiger partial charge in [0.2, 0.25) is 11.8 Å². The lowest BCUT2D eigenvalue weighted by Crippen LogP contribution is -2.40. The highest BCUT2D eigenvalue weighted by Gasteiger charge is 2.44. The summed E-state index contributed by atoms with van der Waals surface area (Å²) in [7, 11) is 0. The highest BCUT2D eigenvalue weighted by molar-refractivity contribution is 6.31. The smallest absolute Gasteiger partial charge is 0.244 e. The van der Waals surface area contributed by atoms with Crippen LogP contribution in [0, 0.1) is 13.8 Å². The number of nitrogens with one attached hydrogen (secondary N) is 1. The van der Waals surface area contributed by atoms with E-state index in [0.29, 0.717) is 5.02 Å². The van der Waals surface area contributed by atoms with Gasteiger partial charge in [-0.25, -0.2) is 0 Å². The molecule has 0 radical (unpaired) electrons. The molecule has 5 heteroatoms. The second-order valence-electron chi connectivity index (χ2n) is 7.04. The van der Waals surface area contributed by atoms with Gasteiger partial charge in [0.25, 0.3) is 0 Å². The lowest BCUT2D eigenvalue weighted by molar-refractivity contribution is -0.124. The number of fused-ring (bicyclic) bond motifs is 1. The Morgan fingerprint density at radius 3 is 2.60 bits per heavy atom. The van der Waals surface area contributed by atoms with Gasteiger partial charge in [-0.1, -0.05) is 23.7 Å². The minimum atomic E-state index is -0.695. The zero-order valence-electron chi connectivity index (χ0n) is 14.8. The van der Waals surface area contributed by atoms with Gasteiger partial charge in [-0.3, -0.25) is 9.59 Å². The molecule has 0 saturated heterocycles. The molecule has 3 rings (SSSR count). The molecule has 0 aromatic heterocycles. The molecule has 2 aromatic carbocycles. The Bertz CT molecular complexity index is 874. The normalized spacial score (nSPS) is 15.2. The number of rotatable bonds is 3. The van der Waals surface area contributed by atoms with E-state index in [-0.39, 0.29) is 18.4 Å². The minimum Gasteiger partial charge on any atom is -0.324 e. The van der Waals surface area contributed by atoms with Crippen LogP contribution in [0.25, 0.3) is 0 Å². The Morgan fingerprint density at radius 1 is 1.16 bits per heavy atom. The van der Waals surface area contributed by atoms with Crippen molar-refractivity contribution in [2.45, 2.75) is 33.1 Å². The average molecular weight is 357 g/mol. The minimum absolute atomic E-state index is 0.0235. The number of nitrogens with zero attached hydrogens (tertiary/aromatic N) is 1. The maximum atomic E-state index is 12.8. The van der Waals surface area contributed by atoms with Crippen molar-refractivity contribution in [3.63, 3.8) is 0 Å². The molecule has 25 heavy (non-hydrogen) atoms. The maximum Gasteiger partial charge on any atom is 0.244 e. The fourth-order valence-corrected chi connectivity index (χ4v) is 3.34. The third-order valence-electron chi connectivity index (χ3n) is 4.67. The fourth-order valence-electron chi connectivity index (χ4n) is 3.17. The van der Waals surface area contributed by atoms with Gasteiger partial charge in [-0.15, -0.1) is 0 Å². The lowest BCUT2D eigenvalue weighted by Gasteiger charge is -2.20. The molecule has 130 valence electrons. The van der Waals surface area contributed by atoms with Crippen LogP contribution in [0.1, 0.15) is 30.5 Å². The van der Waals surface area contributed by atoms with Gasteiger partial charge >= 0.3 is 0 Å². The first kappa shape index (κ1) is 17.5. The van der Waals surface area contributed by atoms with E-state index in [1.54, 1.807) is 18.2 Å². The van der Waals surface area contributed by atoms with Crippen molar-refractivity contribution in [1.82, 2.24) is 0 Å². The molecule has 0 unspecified atom stereocenters. The first-order valence-corrected chi connectivity index (χ1v) is 8.57. The average Bonchev–Trinajstić information content (AvgIpc) is 2.72. The topological polar surface area (TPSA) is 49.4 Å². The quantitative estimate of drug-likeness (QED) is 0.895. The number of halogens is 1. The molecule has 1 aliphatic rings. The number of anilines is 2. The summed E-state index contributed by atoms with van der Waals surface area (Å²) in [6, 6.07) is 11.2. The van der Waals surface area contributed by atoms with Crippen molar-refractivity contribution in [1.29, 1.82) is 0 Å². The molecule has 1 aliphatic heterocycles. The van der Waals surface area contributed by atoms with Crippen LogP contribution in [0.15, 0.2) is 36.4 Å². The van der Waals surface area contributed by atoms with Crippen LogP contribution in [-0.2, 0) is 15.0 Å². The van der Waals surface area contributed by atoms with Crippen LogP contribution in [0.3, 0.4) is 0 Å². The van der Waals surface area contributed by atoms with E-state index in [9.17, 15) is 9.59 Å². The largest absolute Gasteiger partial charge is 0.324 e. The number of aryl methyl sites for hydroxylation is 2. The number of benzene rings is 2. The van der Waals surface area contributed by atoms with Crippen molar-refractivity contribution < 1.29 is 9.59 Å². The SMILES string of the molecule is Cc1ccc(C)c(NC(=O)CN2C(=O)C(C)(C)c3cc(Cl)ccc32)c1. The third-order valence-corrected chi connectivity index (χ3v) is 4.91. The standard InChI is InChI=1S/C20H21ClN2O2/c1-12-5-6-13(2)16(9-12)22-18(24)11-23-17-8-7-14(21)10-15(17)20(3,4)19(23)25/h5-10H,11H2,1-4H3,(H,22,24). The summed E-state index contributed by atoms with van der Waals surface area (Å²) in [6.45, 7) is 7.60. The highest BCUT2D eigenvalue weighted by Crippen LogP contribution is 2.42. The molecule has 1 N–H and O–H groups in total. The van der Waals surface area contributed by atoms with Crippen LogP contribution < -0.4 is 10.2 Å². The van der Waals surface area contributed by atoms with Crippen molar-refractivity contribution in [3.05, 3.63) is 58.1 Å². The predicted octanol–water partition coefficient (Wildman–Crippen LogP) is 4.22. The molecule has 0 fully saturated rings. The van der Waals surface area contributed by atoms with E-state index in [1.165, 1.54) is 4.90 Å². The second-order valence-corrected chi connectivity index (χ2v) is 7.48. The molecule has 0 spiro atoms. The van der Waals surface area contributed by atoms with Gasteiger partial charge in [0.05, 0.1) is 5.41 Å². The Labute approximate surface area is 152 Å². The van der Waals surface area contributed by atoms with Crippen LogP contribution in [-0.4, -0.2) is 18.4 Å². The second kappa shape index (κ2) is 6.19. The van der Waals surface area contributed by atoms with Gasteiger partial charge in [0.15, 0.2) is 0 Å². The Hall–Kier alpha value is -2.33. The van der Waals surface area contributed by atoms with Crippen LogP contribution in [0.2, 0.25) is 5.02 Å². The monoisotopic (exact) mass is 356 g/mol. The Balaban J connectivity index is 1.85. The van der Waals surface area contributed by atoms with E-state index in [1.807, 2.05) is 45.9 Å². The first-order chi connectivity index (χ1) is 11.7. The van der Waals surface area contributed by atoms with Crippen LogP contribution >= 0.6 is 11.6 Å². The number of amides is 2. The summed E-state index contributed by atoms with van der Waals surface area (Å²) < 4.78 is 0. The summed E-state index contributed by atoms with van der Waals surface area (Å²) >= 11 is 6.08. The predicted molar refractivity (Wildman–Crippen MR) is 101 cm³/mol. The van der Waals surface area contributed by atoms with Gasteiger partial charge in [-0.2, -0.15) is 0 Å². The zero-order valence-corrected chi connectivity index (χ0v) is 15.6. The number of carbonyl (C=O) groups excluding carboxylic acids is 2. The molecule has 2 aromatic rings. The van der Waals surface area contributed by atoms with Gasteiger partial charge in [0, 0.05) is 16.4 Å². The van der Waals surface area contributed by atoms with Crippen molar-refractivity contribution in [2.24, 2.45) is 0 Å². The first-order valence-electron chi connectivity index (χ1n) is 8.19. The van der Waals surface area contributed by atoms with E-state index in [4.69, 9.17) is 11.6 Å². The Kier molecular flexibility index (Phi) is 4.33. The summed E-state index contributed by atoms with van der Waals surface area (Å²) in [4.78, 5) is 26.9. The number of carbonyl (C=O) groups is 2. The molecule has 0 saturated carbocycles. The molecule has 2 amide bonds. The lowest BCUT2D eigenvalue weighted by atomic mass is 9.86. The van der Waals surface area contributed by atoms with Crippen molar-refractivity contribution in [2.75, 3.05) is 16.8 Å². The molecule has 1 heterocycles. The Morgan fingerprint density at radius 2 is 1.88 bits per heavy atom. The molecule has 0 atom stereocenters. The van der Waals surface area contributed by atoms with Gasteiger partial charge < -0.3 is 10.2 Å². The number of hydrogen-bond acceptors (Lipinski definition) is 2. The summed E-state index contributed by atoms with van der Waals surface area (Å²) in [5.41, 5.74) is 3.73. The molecule has 4 nitrogen and oxygen atoms in total. The molecular weight excluding hydrogens is 336 g/mol. The van der Waals surface area contributed by atoms with Gasteiger partial charge in [-0.05, 0) is 68.7 Å². The maximum absolute atomic E-state index is 12.8. The van der Waals surface area contributed by atoms with E-state index >= 15 is 0 Å². The molecule has 0 bridgehead atoms. The van der Waals surface area contributed by atoms with E-state index in [2.05, 4.69) is 5.32 Å². The molecule has 0 aliphatic carbocycles. The van der Waals surface area contributed by atoms with Crippen LogP contribution in [0.4, 0.5) is 11.4 Å². The van der Waals surface area contributed by atoms with Gasteiger partial charge in [0.1, 0.15) is 6.54 Å². The van der Waals surface area contributed by atoms with E-state index < -0.39 is 5.41 Å². The molecular formula is C20H21ClN2O2. The highest BCUT2D eigenvalue weighted by atomic mass is 35.5. The summed E-state index contributed by atoms with van der Waals surface area (Å²) in [6.07, 6.45) is 0. The fraction of sp³-hybridized carbons (Fsp3) is 0.300. The van der Waals surface area contributed by atoms with Crippen LogP contribution in [0.5, 0.6) is 0 Å².